The lowest BCUT2D eigenvalue weighted by Gasteiger charge is -2.49. The third kappa shape index (κ3) is 3.75. The van der Waals surface area contributed by atoms with E-state index in [4.69, 9.17) is 4.74 Å². The van der Waals surface area contributed by atoms with Gasteiger partial charge in [0.05, 0.1) is 18.2 Å². The van der Waals surface area contributed by atoms with E-state index in [1.807, 2.05) is 25.1 Å². The average Bonchev–Trinajstić information content (AvgIpc) is 2.54. The molecule has 0 saturated carbocycles. The maximum absolute atomic E-state index is 11.7. The molecule has 0 aliphatic carbocycles. The number of hydrogen-bond acceptors (Lipinski definition) is 4. The maximum atomic E-state index is 11.7. The molecule has 22 heavy (non-hydrogen) atoms. The first-order chi connectivity index (χ1) is 10.6. The van der Waals surface area contributed by atoms with Gasteiger partial charge in [-0.15, -0.1) is 0 Å². The summed E-state index contributed by atoms with van der Waals surface area (Å²) in [4.78, 5) is 14.0. The smallest absolute Gasteiger partial charge is 0.140 e. The Balaban J connectivity index is 2.13. The van der Waals surface area contributed by atoms with Crippen LogP contribution in [0.1, 0.15) is 32.3 Å². The second kappa shape index (κ2) is 7.86. The molecular formula is C18H27NO3. The fraction of sp³-hybridized carbons (Fsp3) is 0.611. The minimum atomic E-state index is -0.598. The molecule has 4 nitrogen and oxygen atoms in total. The number of aliphatic hydroxyl groups is 1. The van der Waals surface area contributed by atoms with E-state index in [0.29, 0.717) is 13.0 Å². The highest BCUT2D eigenvalue weighted by molar-refractivity contribution is 5.60. The highest BCUT2D eigenvalue weighted by atomic mass is 16.5. The highest BCUT2D eigenvalue weighted by Gasteiger charge is 2.45. The molecule has 1 heterocycles. The van der Waals surface area contributed by atoms with E-state index < -0.39 is 5.60 Å². The molecule has 1 fully saturated rings. The van der Waals surface area contributed by atoms with Crippen molar-refractivity contribution in [1.29, 1.82) is 0 Å². The molecule has 0 radical (unpaired) electrons. The Kier molecular flexibility index (Phi) is 6.12. The SMILES string of the molecule is CC[C@@H]1COC(C)(CCO)C(C=O)N1CCc1ccccc1. The second-order valence-electron chi connectivity index (χ2n) is 6.21. The van der Waals surface area contributed by atoms with Crippen molar-refractivity contribution in [3.05, 3.63) is 35.9 Å². The van der Waals surface area contributed by atoms with E-state index in [-0.39, 0.29) is 18.7 Å². The predicted octanol–water partition coefficient (Wildman–Crippen LogP) is 2.05. The van der Waals surface area contributed by atoms with Crippen LogP contribution in [0.15, 0.2) is 30.3 Å². The number of morpholine rings is 1. The minimum absolute atomic E-state index is 0.0319. The van der Waals surface area contributed by atoms with Crippen LogP contribution in [0.25, 0.3) is 0 Å². The third-order valence-corrected chi connectivity index (χ3v) is 4.77. The molecule has 2 unspecified atom stereocenters. The summed E-state index contributed by atoms with van der Waals surface area (Å²) >= 11 is 0. The molecule has 122 valence electrons. The van der Waals surface area contributed by atoms with E-state index in [2.05, 4.69) is 24.0 Å². The number of rotatable bonds is 7. The highest BCUT2D eigenvalue weighted by Crippen LogP contribution is 2.31. The first-order valence-corrected chi connectivity index (χ1v) is 8.14. The van der Waals surface area contributed by atoms with Crippen molar-refractivity contribution in [3.63, 3.8) is 0 Å². The van der Waals surface area contributed by atoms with Crippen LogP contribution in [0, 0.1) is 0 Å². The number of aliphatic hydroxyl groups excluding tert-OH is 1. The van der Waals surface area contributed by atoms with Crippen LogP contribution in [-0.2, 0) is 16.0 Å². The van der Waals surface area contributed by atoms with Gasteiger partial charge in [0.15, 0.2) is 0 Å². The molecule has 1 aromatic rings. The average molecular weight is 305 g/mol. The van der Waals surface area contributed by atoms with Crippen LogP contribution in [0.2, 0.25) is 0 Å². The van der Waals surface area contributed by atoms with Gasteiger partial charge in [0.25, 0.3) is 0 Å². The van der Waals surface area contributed by atoms with Gasteiger partial charge in [0.1, 0.15) is 6.29 Å². The summed E-state index contributed by atoms with van der Waals surface area (Å²) in [6.07, 6.45) is 3.34. The Hall–Kier alpha value is -1.23. The molecule has 0 aromatic heterocycles. The van der Waals surface area contributed by atoms with Gasteiger partial charge in [-0.05, 0) is 25.3 Å². The monoisotopic (exact) mass is 305 g/mol. The Bertz CT molecular complexity index is 465. The molecule has 1 saturated heterocycles. The summed E-state index contributed by atoms with van der Waals surface area (Å²) in [6, 6.07) is 10.3. The van der Waals surface area contributed by atoms with Gasteiger partial charge < -0.3 is 14.6 Å². The van der Waals surface area contributed by atoms with Crippen molar-refractivity contribution in [2.24, 2.45) is 0 Å². The molecule has 1 aliphatic heterocycles. The van der Waals surface area contributed by atoms with Crippen LogP contribution >= 0.6 is 0 Å². The summed E-state index contributed by atoms with van der Waals surface area (Å²) in [6.45, 7) is 5.54. The first kappa shape index (κ1) is 17.1. The topological polar surface area (TPSA) is 49.8 Å². The Morgan fingerprint density at radius 1 is 1.41 bits per heavy atom. The van der Waals surface area contributed by atoms with Crippen LogP contribution in [0.5, 0.6) is 0 Å². The van der Waals surface area contributed by atoms with E-state index in [1.165, 1.54) is 5.56 Å². The summed E-state index contributed by atoms with van der Waals surface area (Å²) in [5.74, 6) is 0. The Labute approximate surface area is 133 Å². The molecule has 2 rings (SSSR count). The van der Waals surface area contributed by atoms with E-state index in [9.17, 15) is 9.90 Å². The van der Waals surface area contributed by atoms with Crippen molar-refractivity contribution < 1.29 is 14.6 Å². The molecule has 1 aromatic carbocycles. The van der Waals surface area contributed by atoms with Gasteiger partial charge in [-0.25, -0.2) is 0 Å². The summed E-state index contributed by atoms with van der Waals surface area (Å²) in [7, 11) is 0. The Morgan fingerprint density at radius 3 is 2.73 bits per heavy atom. The number of carbonyl (C=O) groups excluding carboxylic acids is 1. The van der Waals surface area contributed by atoms with Crippen LogP contribution in [0.4, 0.5) is 0 Å². The van der Waals surface area contributed by atoms with Gasteiger partial charge in [-0.2, -0.15) is 0 Å². The van der Waals surface area contributed by atoms with Gasteiger partial charge in [-0.1, -0.05) is 37.3 Å². The van der Waals surface area contributed by atoms with Crippen LogP contribution < -0.4 is 0 Å². The van der Waals surface area contributed by atoms with Gasteiger partial charge in [0, 0.05) is 25.6 Å². The number of benzene rings is 1. The van der Waals surface area contributed by atoms with Gasteiger partial charge in [0.2, 0.25) is 0 Å². The fourth-order valence-corrected chi connectivity index (χ4v) is 3.29. The molecule has 0 spiro atoms. The fourth-order valence-electron chi connectivity index (χ4n) is 3.29. The van der Waals surface area contributed by atoms with Crippen LogP contribution in [-0.4, -0.2) is 53.7 Å². The van der Waals surface area contributed by atoms with Crippen LogP contribution in [0.3, 0.4) is 0 Å². The number of carbonyl (C=O) groups is 1. The lowest BCUT2D eigenvalue weighted by molar-refractivity contribution is -0.171. The zero-order chi connectivity index (χ0) is 16.0. The quantitative estimate of drug-likeness (QED) is 0.783. The number of nitrogens with zero attached hydrogens (tertiary/aromatic N) is 1. The minimum Gasteiger partial charge on any atom is -0.396 e. The van der Waals surface area contributed by atoms with Crippen molar-refractivity contribution >= 4 is 6.29 Å². The largest absolute Gasteiger partial charge is 0.396 e. The molecule has 1 N–H and O–H groups in total. The lowest BCUT2D eigenvalue weighted by atomic mass is 9.88. The van der Waals surface area contributed by atoms with E-state index in [0.717, 1.165) is 25.7 Å². The Morgan fingerprint density at radius 2 is 2.14 bits per heavy atom. The standard InChI is InChI=1S/C18H27NO3/c1-3-16-14-22-18(2,10-12-20)17(13-21)19(16)11-9-15-7-5-4-6-8-15/h4-8,13,16-17,20H,3,9-12,14H2,1-2H3/t16-,17?,18?/m1/s1. The van der Waals surface area contributed by atoms with Crippen molar-refractivity contribution in [2.75, 3.05) is 19.8 Å². The van der Waals surface area contributed by atoms with Gasteiger partial charge >= 0.3 is 0 Å². The molecule has 3 atom stereocenters. The van der Waals surface area contributed by atoms with Crippen molar-refractivity contribution in [1.82, 2.24) is 4.90 Å². The first-order valence-electron chi connectivity index (χ1n) is 8.14. The van der Waals surface area contributed by atoms with Gasteiger partial charge in [-0.3, -0.25) is 4.90 Å². The summed E-state index contributed by atoms with van der Waals surface area (Å²) in [5.41, 5.74) is 0.677. The van der Waals surface area contributed by atoms with E-state index >= 15 is 0 Å². The molecule has 0 bridgehead atoms. The molecule has 0 amide bonds. The summed E-state index contributed by atoms with van der Waals surface area (Å²) < 4.78 is 5.96. The second-order valence-corrected chi connectivity index (χ2v) is 6.21. The summed E-state index contributed by atoms with van der Waals surface area (Å²) in [5, 5.41) is 9.30. The van der Waals surface area contributed by atoms with Crippen molar-refractivity contribution in [3.8, 4) is 0 Å². The molecule has 4 heteroatoms. The maximum Gasteiger partial charge on any atom is 0.140 e. The predicted molar refractivity (Wildman–Crippen MR) is 86.8 cm³/mol. The zero-order valence-electron chi connectivity index (χ0n) is 13.6. The molecule has 1 aliphatic rings. The molecular weight excluding hydrogens is 278 g/mol. The lowest BCUT2D eigenvalue weighted by Crippen LogP contribution is -2.63. The van der Waals surface area contributed by atoms with E-state index in [1.54, 1.807) is 0 Å². The zero-order valence-corrected chi connectivity index (χ0v) is 13.6. The number of ether oxygens (including phenoxy) is 1. The number of hydrogen-bond donors (Lipinski definition) is 1. The number of aldehydes is 1. The normalized spacial score (nSPS) is 29.4. The van der Waals surface area contributed by atoms with Crippen molar-refractivity contribution in [2.45, 2.75) is 50.8 Å². The third-order valence-electron chi connectivity index (χ3n) is 4.77.